The minimum atomic E-state index is 0.768. The number of anilines is 1. The average Bonchev–Trinajstić information content (AvgIpc) is 2.68. The molecule has 1 fully saturated rings. The third-order valence-corrected chi connectivity index (χ3v) is 3.59. The van der Waals surface area contributed by atoms with Crippen molar-refractivity contribution in [3.8, 4) is 0 Å². The van der Waals surface area contributed by atoms with Crippen molar-refractivity contribution in [1.29, 1.82) is 0 Å². The number of hydrogen-bond donors (Lipinski definition) is 1. The fourth-order valence-corrected chi connectivity index (χ4v) is 2.39. The summed E-state index contributed by atoms with van der Waals surface area (Å²) in [6, 6.07) is 0. The smallest absolute Gasteiger partial charge is 0.242 e. The Hall–Kier alpha value is -1.13. The molecule has 5 nitrogen and oxygen atoms in total. The summed E-state index contributed by atoms with van der Waals surface area (Å²) in [7, 11) is 1.85. The molecule has 5 heteroatoms. The van der Waals surface area contributed by atoms with Crippen LogP contribution in [0.2, 0.25) is 0 Å². The zero-order valence-electron chi connectivity index (χ0n) is 10.2. The number of rotatable bonds is 4. The van der Waals surface area contributed by atoms with Gasteiger partial charge in [-0.2, -0.15) is 0 Å². The van der Waals surface area contributed by atoms with E-state index < -0.39 is 0 Å². The molecule has 90 valence electrons. The maximum atomic E-state index is 3.90. The summed E-state index contributed by atoms with van der Waals surface area (Å²) in [5.41, 5.74) is 0. The van der Waals surface area contributed by atoms with E-state index >= 15 is 0 Å². The lowest BCUT2D eigenvalue weighted by molar-refractivity contribution is 0.281. The second-order valence-electron chi connectivity index (χ2n) is 4.97. The molecule has 0 aromatic carbocycles. The van der Waals surface area contributed by atoms with Crippen LogP contribution in [0.5, 0.6) is 0 Å². The molecule has 1 aromatic rings. The normalized spacial score (nSPS) is 25.6. The summed E-state index contributed by atoms with van der Waals surface area (Å²) in [6.07, 6.45) is 6.81. The molecule has 0 unspecified atom stereocenters. The summed E-state index contributed by atoms with van der Waals surface area (Å²) in [6.45, 7) is 3.34. The van der Waals surface area contributed by atoms with Crippen molar-refractivity contribution in [3.05, 3.63) is 0 Å². The number of tetrazole rings is 1. The van der Waals surface area contributed by atoms with Gasteiger partial charge < -0.3 is 5.32 Å². The molecule has 1 N–H and O–H groups in total. The van der Waals surface area contributed by atoms with Crippen LogP contribution < -0.4 is 5.32 Å². The van der Waals surface area contributed by atoms with Gasteiger partial charge in [0.05, 0.1) is 0 Å². The first-order valence-electron chi connectivity index (χ1n) is 6.22. The summed E-state index contributed by atoms with van der Waals surface area (Å²) in [5, 5.41) is 14.6. The first kappa shape index (κ1) is 11.4. The predicted molar refractivity (Wildman–Crippen MR) is 63.0 cm³/mol. The fraction of sp³-hybridized carbons (Fsp3) is 0.909. The van der Waals surface area contributed by atoms with E-state index in [4.69, 9.17) is 0 Å². The second-order valence-corrected chi connectivity index (χ2v) is 4.97. The molecule has 0 saturated heterocycles. The molecule has 1 aliphatic rings. The molecular weight excluding hydrogens is 202 g/mol. The maximum absolute atomic E-state index is 3.90. The van der Waals surface area contributed by atoms with Gasteiger partial charge in [0.25, 0.3) is 0 Å². The van der Waals surface area contributed by atoms with Gasteiger partial charge in [0.15, 0.2) is 0 Å². The van der Waals surface area contributed by atoms with Crippen LogP contribution in [-0.2, 0) is 7.05 Å². The van der Waals surface area contributed by atoms with Crippen molar-refractivity contribution in [2.24, 2.45) is 18.9 Å². The molecular formula is C11H21N5. The van der Waals surface area contributed by atoms with Crippen molar-refractivity contribution >= 4 is 5.95 Å². The van der Waals surface area contributed by atoms with Crippen molar-refractivity contribution in [1.82, 2.24) is 20.2 Å². The van der Waals surface area contributed by atoms with Gasteiger partial charge in [-0.05, 0) is 28.7 Å². The largest absolute Gasteiger partial charge is 0.353 e. The van der Waals surface area contributed by atoms with Gasteiger partial charge in [0, 0.05) is 13.6 Å². The van der Waals surface area contributed by atoms with E-state index in [0.717, 1.165) is 24.3 Å². The molecule has 1 heterocycles. The standard InChI is InChI=1S/C11H21N5/c1-9-3-5-10(6-4-9)7-8-12-11-13-14-15-16(11)2/h9-10H,3-8H2,1-2H3,(H,12,13,15). The lowest BCUT2D eigenvalue weighted by Crippen LogP contribution is -2.16. The molecule has 0 aliphatic heterocycles. The van der Waals surface area contributed by atoms with E-state index in [1.165, 1.54) is 32.1 Å². The summed E-state index contributed by atoms with van der Waals surface area (Å²) >= 11 is 0. The Morgan fingerprint density at radius 2 is 2.06 bits per heavy atom. The summed E-state index contributed by atoms with van der Waals surface area (Å²) in [4.78, 5) is 0. The molecule has 0 bridgehead atoms. The highest BCUT2D eigenvalue weighted by atomic mass is 15.6. The molecule has 0 radical (unpaired) electrons. The van der Waals surface area contributed by atoms with E-state index in [1.54, 1.807) is 4.68 Å². The molecule has 2 rings (SSSR count). The number of aryl methyl sites for hydroxylation is 1. The third-order valence-electron chi connectivity index (χ3n) is 3.59. The van der Waals surface area contributed by atoms with Crippen LogP contribution in [0.1, 0.15) is 39.0 Å². The summed E-state index contributed by atoms with van der Waals surface area (Å²) in [5.74, 6) is 2.60. The number of hydrogen-bond acceptors (Lipinski definition) is 4. The van der Waals surface area contributed by atoms with Gasteiger partial charge in [0.1, 0.15) is 0 Å². The molecule has 1 aromatic heterocycles. The van der Waals surface area contributed by atoms with Crippen molar-refractivity contribution in [2.45, 2.75) is 39.0 Å². The van der Waals surface area contributed by atoms with E-state index in [2.05, 4.69) is 27.8 Å². The van der Waals surface area contributed by atoms with Crippen molar-refractivity contribution in [3.63, 3.8) is 0 Å². The van der Waals surface area contributed by atoms with Crippen molar-refractivity contribution < 1.29 is 0 Å². The quantitative estimate of drug-likeness (QED) is 0.846. The lowest BCUT2D eigenvalue weighted by atomic mass is 9.81. The van der Waals surface area contributed by atoms with E-state index in [9.17, 15) is 0 Å². The number of nitrogens with one attached hydrogen (secondary N) is 1. The van der Waals surface area contributed by atoms with E-state index in [-0.39, 0.29) is 0 Å². The Kier molecular flexibility index (Phi) is 3.74. The Labute approximate surface area is 96.6 Å². The first-order chi connectivity index (χ1) is 7.75. The monoisotopic (exact) mass is 223 g/mol. The minimum Gasteiger partial charge on any atom is -0.353 e. The Morgan fingerprint density at radius 3 is 2.69 bits per heavy atom. The van der Waals surface area contributed by atoms with Gasteiger partial charge in [-0.15, -0.1) is 0 Å². The Balaban J connectivity index is 1.67. The van der Waals surface area contributed by atoms with Crippen LogP contribution >= 0.6 is 0 Å². The van der Waals surface area contributed by atoms with Crippen LogP contribution in [0.4, 0.5) is 5.95 Å². The van der Waals surface area contributed by atoms with Gasteiger partial charge in [-0.3, -0.25) is 0 Å². The molecule has 0 spiro atoms. The molecule has 0 amide bonds. The fourth-order valence-electron chi connectivity index (χ4n) is 2.39. The zero-order valence-corrected chi connectivity index (χ0v) is 10.2. The molecule has 0 atom stereocenters. The van der Waals surface area contributed by atoms with Crippen LogP contribution in [0.25, 0.3) is 0 Å². The lowest BCUT2D eigenvalue weighted by Gasteiger charge is -2.26. The van der Waals surface area contributed by atoms with E-state index in [0.29, 0.717) is 0 Å². The second kappa shape index (κ2) is 5.27. The van der Waals surface area contributed by atoms with Crippen LogP contribution in [0, 0.1) is 11.8 Å². The van der Waals surface area contributed by atoms with E-state index in [1.807, 2.05) is 7.05 Å². The molecule has 16 heavy (non-hydrogen) atoms. The van der Waals surface area contributed by atoms with Crippen molar-refractivity contribution in [2.75, 3.05) is 11.9 Å². The molecule has 1 saturated carbocycles. The number of nitrogens with zero attached hydrogens (tertiary/aromatic N) is 4. The SMILES string of the molecule is CC1CCC(CCNc2nnnn2C)CC1. The maximum Gasteiger partial charge on any atom is 0.242 e. The van der Waals surface area contributed by atoms with Crippen LogP contribution in [0.15, 0.2) is 0 Å². The highest BCUT2D eigenvalue weighted by molar-refractivity contribution is 5.20. The van der Waals surface area contributed by atoms with Gasteiger partial charge in [0.2, 0.25) is 5.95 Å². The topological polar surface area (TPSA) is 55.6 Å². The molecule has 1 aliphatic carbocycles. The minimum absolute atomic E-state index is 0.768. The first-order valence-corrected chi connectivity index (χ1v) is 6.22. The van der Waals surface area contributed by atoms with Crippen LogP contribution in [-0.4, -0.2) is 26.8 Å². The van der Waals surface area contributed by atoms with Gasteiger partial charge in [-0.25, -0.2) is 4.68 Å². The average molecular weight is 223 g/mol. The number of aromatic nitrogens is 4. The highest BCUT2D eigenvalue weighted by Crippen LogP contribution is 2.30. The summed E-state index contributed by atoms with van der Waals surface area (Å²) < 4.78 is 1.67. The highest BCUT2D eigenvalue weighted by Gasteiger charge is 2.17. The Morgan fingerprint density at radius 1 is 1.31 bits per heavy atom. The van der Waals surface area contributed by atoms with Gasteiger partial charge >= 0.3 is 0 Å². The van der Waals surface area contributed by atoms with Crippen LogP contribution in [0.3, 0.4) is 0 Å². The van der Waals surface area contributed by atoms with Gasteiger partial charge in [-0.1, -0.05) is 37.7 Å². The Bertz CT molecular complexity index is 314. The third kappa shape index (κ3) is 2.93. The predicted octanol–water partition coefficient (Wildman–Crippen LogP) is 1.84. The zero-order chi connectivity index (χ0) is 11.4.